The fraction of sp³-hybridized carbons (Fsp3) is 0.765. The molecule has 0 amide bonds. The maximum atomic E-state index is 2.62. The lowest BCUT2D eigenvalue weighted by Gasteiger charge is -2.32. The van der Waals surface area contributed by atoms with E-state index in [9.17, 15) is 0 Å². The van der Waals surface area contributed by atoms with Crippen LogP contribution in [0.3, 0.4) is 0 Å². The molecule has 0 aromatic heterocycles. The summed E-state index contributed by atoms with van der Waals surface area (Å²) in [5.41, 5.74) is 6.32. The smallest absolute Gasteiger partial charge is 0.0191 e. The van der Waals surface area contributed by atoms with Crippen LogP contribution < -0.4 is 0 Å². The van der Waals surface area contributed by atoms with Crippen molar-refractivity contribution in [1.82, 2.24) is 19.6 Å². The highest BCUT2D eigenvalue weighted by Gasteiger charge is 2.14. The first kappa shape index (κ1) is 33.0. The standard InChI is InChI=1S/C34H62N4/c1-7-8-9-10-18-34(20-13-17-33(4)30-38-27-23-36(6)24-28-38)19-12-15-31(2)14-11-16-32(3)29-37-25-21-35(5)22-26-37/h15-18H,7-14,19-30H2,1-6H3/b31-15-,32-16+,33-17+,34-18-. The third-order valence-electron chi connectivity index (χ3n) is 8.33. The van der Waals surface area contributed by atoms with Crippen LogP contribution in [0.5, 0.6) is 0 Å². The second kappa shape index (κ2) is 19.8. The van der Waals surface area contributed by atoms with E-state index in [0.717, 1.165) is 13.1 Å². The topological polar surface area (TPSA) is 13.0 Å². The van der Waals surface area contributed by atoms with Crippen molar-refractivity contribution in [3.8, 4) is 0 Å². The van der Waals surface area contributed by atoms with Crippen molar-refractivity contribution in [1.29, 1.82) is 0 Å². The van der Waals surface area contributed by atoms with Crippen molar-refractivity contribution in [3.05, 3.63) is 46.6 Å². The Morgan fingerprint density at radius 3 is 1.45 bits per heavy atom. The van der Waals surface area contributed by atoms with Gasteiger partial charge in [-0.3, -0.25) is 9.80 Å². The van der Waals surface area contributed by atoms with Crippen molar-refractivity contribution < 1.29 is 0 Å². The Bertz CT molecular complexity index is 746. The molecule has 0 N–H and O–H groups in total. The van der Waals surface area contributed by atoms with Crippen LogP contribution in [0.4, 0.5) is 0 Å². The van der Waals surface area contributed by atoms with E-state index in [1.54, 1.807) is 16.7 Å². The van der Waals surface area contributed by atoms with Crippen molar-refractivity contribution in [2.45, 2.75) is 91.9 Å². The summed E-state index contributed by atoms with van der Waals surface area (Å²) in [6.45, 7) is 21.2. The largest absolute Gasteiger partial charge is 0.304 e. The summed E-state index contributed by atoms with van der Waals surface area (Å²) in [6, 6.07) is 0. The highest BCUT2D eigenvalue weighted by molar-refractivity contribution is 5.10. The molecule has 0 spiro atoms. The van der Waals surface area contributed by atoms with Gasteiger partial charge in [0.1, 0.15) is 0 Å². The summed E-state index contributed by atoms with van der Waals surface area (Å²) in [6.07, 6.45) is 22.6. The van der Waals surface area contributed by atoms with Gasteiger partial charge in [0.25, 0.3) is 0 Å². The molecule has 2 rings (SSSR count). The van der Waals surface area contributed by atoms with E-state index in [1.807, 2.05) is 0 Å². The number of hydrogen-bond acceptors (Lipinski definition) is 4. The third-order valence-corrected chi connectivity index (χ3v) is 8.33. The molecule has 218 valence electrons. The second-order valence-corrected chi connectivity index (χ2v) is 12.3. The molecule has 2 fully saturated rings. The van der Waals surface area contributed by atoms with E-state index in [4.69, 9.17) is 0 Å². The van der Waals surface area contributed by atoms with Gasteiger partial charge in [0.15, 0.2) is 0 Å². The Balaban J connectivity index is 1.72. The van der Waals surface area contributed by atoms with Crippen LogP contribution in [0, 0.1) is 0 Å². The third kappa shape index (κ3) is 15.4. The quantitative estimate of drug-likeness (QED) is 0.147. The van der Waals surface area contributed by atoms with Gasteiger partial charge < -0.3 is 9.80 Å². The first-order chi connectivity index (χ1) is 18.4. The molecule has 38 heavy (non-hydrogen) atoms. The maximum absolute atomic E-state index is 2.62. The van der Waals surface area contributed by atoms with Gasteiger partial charge in [-0.15, -0.1) is 0 Å². The molecule has 0 saturated carbocycles. The van der Waals surface area contributed by atoms with E-state index in [-0.39, 0.29) is 0 Å². The minimum Gasteiger partial charge on any atom is -0.304 e. The highest BCUT2D eigenvalue weighted by atomic mass is 15.2. The van der Waals surface area contributed by atoms with Crippen LogP contribution in [0.15, 0.2) is 46.6 Å². The van der Waals surface area contributed by atoms with Gasteiger partial charge in [-0.1, -0.05) is 66.4 Å². The molecular formula is C34H62N4. The number of allylic oxidation sites excluding steroid dienone is 6. The lowest BCUT2D eigenvalue weighted by atomic mass is 10.00. The lowest BCUT2D eigenvalue weighted by Crippen LogP contribution is -2.44. The van der Waals surface area contributed by atoms with Gasteiger partial charge in [-0.2, -0.15) is 0 Å². The Hall–Kier alpha value is -1.20. The predicted octanol–water partition coefficient (Wildman–Crippen LogP) is 7.17. The molecule has 0 bridgehead atoms. The molecule has 0 aromatic carbocycles. The summed E-state index contributed by atoms with van der Waals surface area (Å²) in [5, 5.41) is 0. The zero-order chi connectivity index (χ0) is 27.6. The van der Waals surface area contributed by atoms with E-state index < -0.39 is 0 Å². The van der Waals surface area contributed by atoms with Crippen LogP contribution in [0.1, 0.15) is 91.9 Å². The number of unbranched alkanes of at least 4 members (excludes halogenated alkanes) is 3. The van der Waals surface area contributed by atoms with Crippen LogP contribution in [-0.4, -0.2) is 99.1 Å². The van der Waals surface area contributed by atoms with E-state index >= 15 is 0 Å². The number of hydrogen-bond donors (Lipinski definition) is 0. The van der Waals surface area contributed by atoms with Gasteiger partial charge in [-0.25, -0.2) is 0 Å². The number of piperazine rings is 2. The molecule has 0 aromatic rings. The number of rotatable bonds is 17. The van der Waals surface area contributed by atoms with Gasteiger partial charge in [0, 0.05) is 65.4 Å². The first-order valence-corrected chi connectivity index (χ1v) is 15.8. The average Bonchev–Trinajstić information content (AvgIpc) is 2.89. The highest BCUT2D eigenvalue weighted by Crippen LogP contribution is 2.19. The summed E-state index contributed by atoms with van der Waals surface area (Å²) in [4.78, 5) is 10.1. The molecular weight excluding hydrogens is 464 g/mol. The van der Waals surface area contributed by atoms with Gasteiger partial charge in [0.05, 0.1) is 0 Å². The normalized spacial score (nSPS) is 20.5. The molecule has 4 heteroatoms. The Labute approximate surface area is 237 Å². The maximum Gasteiger partial charge on any atom is 0.0191 e. The lowest BCUT2D eigenvalue weighted by molar-refractivity contribution is 0.164. The first-order valence-electron chi connectivity index (χ1n) is 15.8. The zero-order valence-corrected chi connectivity index (χ0v) is 26.2. The van der Waals surface area contributed by atoms with Crippen LogP contribution in [-0.2, 0) is 0 Å². The van der Waals surface area contributed by atoms with Crippen LogP contribution >= 0.6 is 0 Å². The Kier molecular flexibility index (Phi) is 17.2. The molecule has 0 unspecified atom stereocenters. The molecule has 2 heterocycles. The average molecular weight is 527 g/mol. The summed E-state index contributed by atoms with van der Waals surface area (Å²) in [5.74, 6) is 0. The molecule has 0 atom stereocenters. The predicted molar refractivity (Wildman–Crippen MR) is 169 cm³/mol. The van der Waals surface area contributed by atoms with E-state index in [1.165, 1.54) is 122 Å². The summed E-state index contributed by atoms with van der Waals surface area (Å²) >= 11 is 0. The SMILES string of the molecule is CCCCC/C=C(/CC/C=C(/C)CC/C=C(\C)CN1CCN(C)CC1)CC/C=C(\C)CN1CCN(C)CC1. The molecule has 0 aliphatic carbocycles. The molecule has 4 nitrogen and oxygen atoms in total. The fourth-order valence-corrected chi connectivity index (χ4v) is 5.53. The monoisotopic (exact) mass is 526 g/mol. The van der Waals surface area contributed by atoms with Crippen molar-refractivity contribution in [2.24, 2.45) is 0 Å². The van der Waals surface area contributed by atoms with Crippen LogP contribution in [0.25, 0.3) is 0 Å². The number of nitrogens with zero attached hydrogens (tertiary/aromatic N) is 4. The Morgan fingerprint density at radius 2 is 0.974 bits per heavy atom. The summed E-state index contributed by atoms with van der Waals surface area (Å²) < 4.78 is 0. The van der Waals surface area contributed by atoms with E-state index in [0.29, 0.717) is 0 Å². The van der Waals surface area contributed by atoms with Gasteiger partial charge >= 0.3 is 0 Å². The second-order valence-electron chi connectivity index (χ2n) is 12.3. The number of likely N-dealkylation sites (N-methyl/N-ethyl adjacent to an activating group) is 2. The van der Waals surface area contributed by atoms with E-state index in [2.05, 4.69) is 85.7 Å². The fourth-order valence-electron chi connectivity index (χ4n) is 5.53. The Morgan fingerprint density at radius 1 is 0.526 bits per heavy atom. The van der Waals surface area contributed by atoms with Crippen molar-refractivity contribution in [3.63, 3.8) is 0 Å². The van der Waals surface area contributed by atoms with Crippen LogP contribution in [0.2, 0.25) is 0 Å². The molecule has 2 aliphatic rings. The molecule has 2 saturated heterocycles. The minimum atomic E-state index is 1.14. The molecule has 0 radical (unpaired) electrons. The molecule has 2 aliphatic heterocycles. The minimum absolute atomic E-state index is 1.14. The zero-order valence-electron chi connectivity index (χ0n) is 26.2. The van der Waals surface area contributed by atoms with Gasteiger partial charge in [-0.05, 0) is 86.2 Å². The van der Waals surface area contributed by atoms with Crippen molar-refractivity contribution in [2.75, 3.05) is 79.5 Å². The summed E-state index contributed by atoms with van der Waals surface area (Å²) in [7, 11) is 4.47. The van der Waals surface area contributed by atoms with Gasteiger partial charge in [0.2, 0.25) is 0 Å². The van der Waals surface area contributed by atoms with Crippen molar-refractivity contribution >= 4 is 0 Å².